The first kappa shape index (κ1) is 26.6. The van der Waals surface area contributed by atoms with Crippen LogP contribution in [0.4, 0.5) is 13.2 Å². The molecule has 0 N–H and O–H groups in total. The number of alkyl halides is 3. The molecule has 0 spiro atoms. The van der Waals surface area contributed by atoms with E-state index in [1.54, 1.807) is 33.8 Å². The van der Waals surface area contributed by atoms with Crippen molar-refractivity contribution in [3.8, 4) is 0 Å². The number of esters is 1. The van der Waals surface area contributed by atoms with E-state index < -0.39 is 40.6 Å². The third-order valence-electron chi connectivity index (χ3n) is 5.99. The molecule has 1 aliphatic carbocycles. The highest BCUT2D eigenvalue weighted by Crippen LogP contribution is 2.46. The highest BCUT2D eigenvalue weighted by molar-refractivity contribution is 6.04. The van der Waals surface area contributed by atoms with Crippen molar-refractivity contribution < 1.29 is 32.2 Å². The minimum absolute atomic E-state index is 0.146. The number of ketones is 1. The van der Waals surface area contributed by atoms with Gasteiger partial charge < -0.3 is 9.47 Å². The molecule has 0 saturated carbocycles. The van der Waals surface area contributed by atoms with Gasteiger partial charge in [0, 0.05) is 18.1 Å². The number of benzene rings is 1. The van der Waals surface area contributed by atoms with Crippen LogP contribution in [0, 0.1) is 5.41 Å². The fourth-order valence-corrected chi connectivity index (χ4v) is 4.11. The van der Waals surface area contributed by atoms with Crippen LogP contribution < -0.4 is 0 Å². The van der Waals surface area contributed by atoms with Gasteiger partial charge in [-0.05, 0) is 77.8 Å². The van der Waals surface area contributed by atoms with E-state index >= 15 is 0 Å². The Hall–Kier alpha value is -2.67. The molecule has 0 aliphatic heterocycles. The lowest BCUT2D eigenvalue weighted by Crippen LogP contribution is -2.40. The van der Waals surface area contributed by atoms with Crippen LogP contribution in [0.3, 0.4) is 0 Å². The van der Waals surface area contributed by atoms with Crippen molar-refractivity contribution in [2.45, 2.75) is 66.3 Å². The molecule has 1 aromatic rings. The minimum Gasteiger partial charge on any atom is -0.456 e. The summed E-state index contributed by atoms with van der Waals surface area (Å²) in [4.78, 5) is 25.6. The maximum atomic E-state index is 12.9. The van der Waals surface area contributed by atoms with Gasteiger partial charge in [-0.1, -0.05) is 23.8 Å². The second-order valence-electron chi connectivity index (χ2n) is 9.48. The molecule has 2 atom stereocenters. The van der Waals surface area contributed by atoms with Crippen LogP contribution in [0.2, 0.25) is 0 Å². The molecule has 0 bridgehead atoms. The van der Waals surface area contributed by atoms with E-state index in [4.69, 9.17) is 9.47 Å². The van der Waals surface area contributed by atoms with Gasteiger partial charge in [-0.15, -0.1) is 0 Å². The van der Waals surface area contributed by atoms with Crippen molar-refractivity contribution in [2.75, 3.05) is 7.11 Å². The fourth-order valence-electron chi connectivity index (χ4n) is 4.11. The van der Waals surface area contributed by atoms with Gasteiger partial charge in [0.2, 0.25) is 0 Å². The van der Waals surface area contributed by atoms with E-state index in [2.05, 4.69) is 0 Å². The van der Waals surface area contributed by atoms with Crippen molar-refractivity contribution in [2.24, 2.45) is 5.41 Å². The second-order valence-corrected chi connectivity index (χ2v) is 9.48. The monoisotopic (exact) mass is 464 g/mol. The van der Waals surface area contributed by atoms with Crippen molar-refractivity contribution in [1.82, 2.24) is 0 Å². The predicted octanol–water partition coefficient (Wildman–Crippen LogP) is 6.47. The summed E-state index contributed by atoms with van der Waals surface area (Å²) in [5.41, 5.74) is 0.630. The first-order valence-electron chi connectivity index (χ1n) is 10.6. The number of methoxy groups -OCH3 is 1. The zero-order valence-electron chi connectivity index (χ0n) is 20.3. The number of ether oxygens (including phenoxy) is 2. The molecule has 1 aliphatic rings. The summed E-state index contributed by atoms with van der Waals surface area (Å²) in [5, 5.41) is 0. The number of carbonyl (C=O) groups excluding carboxylic acids is 2. The maximum Gasteiger partial charge on any atom is 0.416 e. The third kappa shape index (κ3) is 5.64. The lowest BCUT2D eigenvalue weighted by molar-refractivity contribution is -0.149. The van der Waals surface area contributed by atoms with Crippen LogP contribution >= 0.6 is 0 Å². The molecular formula is C26H31F3O4. The van der Waals surface area contributed by atoms with E-state index in [-0.39, 0.29) is 5.56 Å². The standard InChI is InChI=1S/C26H31F3O4/c1-15-17(3)25(7,22(32-8)16(2)21(15)23(31)33-24(4,5)6)14-13-20(30)18-9-11-19(12-10-18)26(27,28)29/h9-14,22H,1-8H3. The molecule has 180 valence electrons. The number of hydrogen-bond acceptors (Lipinski definition) is 4. The minimum atomic E-state index is -4.46. The average molecular weight is 465 g/mol. The first-order chi connectivity index (χ1) is 15.0. The second kappa shape index (κ2) is 9.29. The highest BCUT2D eigenvalue weighted by atomic mass is 19.4. The van der Waals surface area contributed by atoms with E-state index in [1.165, 1.54) is 13.2 Å². The smallest absolute Gasteiger partial charge is 0.416 e. The number of carbonyl (C=O) groups is 2. The van der Waals surface area contributed by atoms with Crippen LogP contribution in [-0.2, 0) is 20.4 Å². The lowest BCUT2D eigenvalue weighted by atomic mass is 9.67. The zero-order valence-corrected chi connectivity index (χ0v) is 20.3. The number of allylic oxidation sites excluding steroid dienone is 1. The Morgan fingerprint density at radius 2 is 1.58 bits per heavy atom. The Morgan fingerprint density at radius 3 is 2.03 bits per heavy atom. The summed E-state index contributed by atoms with van der Waals surface area (Å²) < 4.78 is 49.7. The van der Waals surface area contributed by atoms with Gasteiger partial charge in [-0.3, -0.25) is 4.79 Å². The molecule has 0 saturated heterocycles. The normalized spacial score (nSPS) is 22.2. The van der Waals surface area contributed by atoms with Gasteiger partial charge in [0.25, 0.3) is 0 Å². The van der Waals surface area contributed by atoms with Crippen LogP contribution in [0.25, 0.3) is 0 Å². The summed E-state index contributed by atoms with van der Waals surface area (Å²) in [5.74, 6) is -0.865. The van der Waals surface area contributed by atoms with Crippen LogP contribution in [0.15, 0.2) is 58.7 Å². The zero-order chi connectivity index (χ0) is 25.4. The molecule has 0 radical (unpaired) electrons. The average Bonchev–Trinajstić information content (AvgIpc) is 2.69. The van der Waals surface area contributed by atoms with E-state index in [9.17, 15) is 22.8 Å². The Labute approximate surface area is 193 Å². The summed E-state index contributed by atoms with van der Waals surface area (Å²) >= 11 is 0. The third-order valence-corrected chi connectivity index (χ3v) is 5.99. The Bertz CT molecular complexity index is 1020. The molecule has 1 aromatic carbocycles. The van der Waals surface area contributed by atoms with Gasteiger partial charge in [0.15, 0.2) is 5.78 Å². The topological polar surface area (TPSA) is 52.6 Å². The predicted molar refractivity (Wildman–Crippen MR) is 121 cm³/mol. The van der Waals surface area contributed by atoms with Crippen molar-refractivity contribution in [3.63, 3.8) is 0 Å². The molecule has 2 rings (SSSR count). The highest BCUT2D eigenvalue weighted by Gasteiger charge is 2.43. The molecular weight excluding hydrogens is 433 g/mol. The van der Waals surface area contributed by atoms with Crippen LogP contribution in [0.5, 0.6) is 0 Å². The Kier molecular flexibility index (Phi) is 7.49. The van der Waals surface area contributed by atoms with Crippen LogP contribution in [-0.4, -0.2) is 30.6 Å². The summed E-state index contributed by atoms with van der Waals surface area (Å²) in [6.07, 6.45) is -1.97. The van der Waals surface area contributed by atoms with Gasteiger partial charge in [-0.2, -0.15) is 13.2 Å². The molecule has 33 heavy (non-hydrogen) atoms. The van der Waals surface area contributed by atoms with Gasteiger partial charge in [0.05, 0.1) is 17.2 Å². The van der Waals surface area contributed by atoms with Crippen molar-refractivity contribution in [1.29, 1.82) is 0 Å². The van der Waals surface area contributed by atoms with Crippen LogP contribution in [0.1, 0.15) is 64.4 Å². The maximum absolute atomic E-state index is 12.9. The largest absolute Gasteiger partial charge is 0.456 e. The lowest BCUT2D eigenvalue weighted by Gasteiger charge is -2.42. The molecule has 7 heteroatoms. The molecule has 4 nitrogen and oxygen atoms in total. The molecule has 2 unspecified atom stereocenters. The summed E-state index contributed by atoms with van der Waals surface area (Å²) in [6, 6.07) is 4.09. The van der Waals surface area contributed by atoms with Gasteiger partial charge in [0.1, 0.15) is 5.60 Å². The molecule has 0 heterocycles. The van der Waals surface area contributed by atoms with Gasteiger partial charge in [-0.25, -0.2) is 4.79 Å². The quantitative estimate of drug-likeness (QED) is 0.285. The number of rotatable bonds is 5. The Morgan fingerprint density at radius 1 is 1.03 bits per heavy atom. The van der Waals surface area contributed by atoms with E-state index in [0.29, 0.717) is 11.1 Å². The van der Waals surface area contributed by atoms with E-state index in [0.717, 1.165) is 35.4 Å². The van der Waals surface area contributed by atoms with Crippen molar-refractivity contribution >= 4 is 11.8 Å². The van der Waals surface area contributed by atoms with E-state index in [1.807, 2.05) is 20.8 Å². The van der Waals surface area contributed by atoms with Crippen molar-refractivity contribution in [3.05, 3.63) is 69.8 Å². The Balaban J connectivity index is 2.41. The number of halogens is 3. The molecule has 0 fully saturated rings. The summed E-state index contributed by atoms with van der Waals surface area (Å²) in [7, 11) is 1.53. The molecule has 0 aromatic heterocycles. The first-order valence-corrected chi connectivity index (χ1v) is 10.6. The summed E-state index contributed by atoms with van der Waals surface area (Å²) in [6.45, 7) is 12.8. The SMILES string of the molecule is COC1C(C)=C(C(=O)OC(C)(C)C)C(C)=C(C)C1(C)C=CC(=O)c1ccc(C(F)(F)F)cc1. The molecule has 0 amide bonds. The van der Waals surface area contributed by atoms with Gasteiger partial charge >= 0.3 is 12.1 Å². The number of hydrogen-bond donors (Lipinski definition) is 0. The fraction of sp³-hybridized carbons (Fsp3) is 0.462.